The molecule has 3 aliphatic heterocycles. The van der Waals surface area contributed by atoms with Crippen LogP contribution in [0.5, 0.6) is 0 Å². The molecule has 0 radical (unpaired) electrons. The SMILES string of the molecule is COCCCN1C(=O)[C@H]2[C@H](C1=O)[C@H](C(=O)c1ccc(Cl)cc1)N1c3ccccc3C=C[C@H]21. The fourth-order valence-electron chi connectivity index (χ4n) is 5.25. The molecule has 5 rings (SSSR count). The predicted octanol–water partition coefficient (Wildman–Crippen LogP) is 3.44. The highest BCUT2D eigenvalue weighted by molar-refractivity contribution is 6.30. The molecule has 2 amide bonds. The minimum Gasteiger partial charge on any atom is -0.385 e. The highest BCUT2D eigenvalue weighted by atomic mass is 35.5. The van der Waals surface area contributed by atoms with Crippen LogP contribution in [0.25, 0.3) is 6.08 Å². The van der Waals surface area contributed by atoms with Crippen LogP contribution in [0.3, 0.4) is 0 Å². The number of likely N-dealkylation sites (tertiary alicyclic amines) is 1. The lowest BCUT2D eigenvalue weighted by Crippen LogP contribution is -2.48. The lowest BCUT2D eigenvalue weighted by Gasteiger charge is -2.36. The number of carbonyl (C=O) groups is 3. The number of hydrogen-bond acceptors (Lipinski definition) is 5. The Labute approximate surface area is 191 Å². The average molecular weight is 451 g/mol. The third-order valence-corrected chi connectivity index (χ3v) is 6.89. The van der Waals surface area contributed by atoms with E-state index in [-0.39, 0.29) is 23.6 Å². The number of halogens is 1. The summed E-state index contributed by atoms with van der Waals surface area (Å²) in [5, 5.41) is 0.534. The van der Waals surface area contributed by atoms with Gasteiger partial charge in [-0.05, 0) is 42.3 Å². The maximum Gasteiger partial charge on any atom is 0.235 e. The number of para-hydroxylation sites is 1. The molecule has 164 valence electrons. The first-order valence-electron chi connectivity index (χ1n) is 10.7. The fourth-order valence-corrected chi connectivity index (χ4v) is 5.37. The van der Waals surface area contributed by atoms with Crippen molar-refractivity contribution in [3.63, 3.8) is 0 Å². The van der Waals surface area contributed by atoms with Crippen LogP contribution in [0, 0.1) is 11.8 Å². The molecule has 0 saturated carbocycles. The van der Waals surface area contributed by atoms with E-state index < -0.39 is 17.9 Å². The van der Waals surface area contributed by atoms with Gasteiger partial charge in [0, 0.05) is 36.5 Å². The topological polar surface area (TPSA) is 66.9 Å². The summed E-state index contributed by atoms with van der Waals surface area (Å²) >= 11 is 6.02. The van der Waals surface area contributed by atoms with Crippen molar-refractivity contribution < 1.29 is 19.1 Å². The molecule has 0 bridgehead atoms. The lowest BCUT2D eigenvalue weighted by atomic mass is 9.86. The van der Waals surface area contributed by atoms with E-state index in [1.54, 1.807) is 31.4 Å². The predicted molar refractivity (Wildman–Crippen MR) is 122 cm³/mol. The van der Waals surface area contributed by atoms with Gasteiger partial charge < -0.3 is 9.64 Å². The molecule has 2 saturated heterocycles. The molecule has 3 heterocycles. The van der Waals surface area contributed by atoms with Gasteiger partial charge in [0.15, 0.2) is 5.78 Å². The second-order valence-corrected chi connectivity index (χ2v) is 8.79. The van der Waals surface area contributed by atoms with Gasteiger partial charge in [0.1, 0.15) is 6.04 Å². The number of rotatable bonds is 6. The summed E-state index contributed by atoms with van der Waals surface area (Å²) in [6, 6.07) is 13.3. The van der Waals surface area contributed by atoms with Crippen molar-refractivity contribution in [1.82, 2.24) is 4.90 Å². The van der Waals surface area contributed by atoms with E-state index in [0.717, 1.165) is 11.3 Å². The largest absolute Gasteiger partial charge is 0.385 e. The zero-order chi connectivity index (χ0) is 22.4. The monoisotopic (exact) mass is 450 g/mol. The van der Waals surface area contributed by atoms with Crippen LogP contribution in [0.2, 0.25) is 5.02 Å². The Hall–Kier alpha value is -2.96. The number of hydrogen-bond donors (Lipinski definition) is 0. The first-order valence-corrected chi connectivity index (χ1v) is 11.1. The first-order chi connectivity index (χ1) is 15.5. The Morgan fingerprint density at radius 1 is 1.03 bits per heavy atom. The molecule has 2 aromatic carbocycles. The van der Waals surface area contributed by atoms with Gasteiger partial charge in [-0.25, -0.2) is 0 Å². The number of nitrogens with zero attached hydrogens (tertiary/aromatic N) is 2. The van der Waals surface area contributed by atoms with Crippen LogP contribution in [0.1, 0.15) is 22.3 Å². The third kappa shape index (κ3) is 3.17. The van der Waals surface area contributed by atoms with E-state index in [2.05, 4.69) is 0 Å². The van der Waals surface area contributed by atoms with Gasteiger partial charge in [-0.1, -0.05) is 42.0 Å². The van der Waals surface area contributed by atoms with E-state index in [9.17, 15) is 14.4 Å². The van der Waals surface area contributed by atoms with Crippen LogP contribution < -0.4 is 4.90 Å². The van der Waals surface area contributed by atoms with Crippen molar-refractivity contribution in [3.05, 3.63) is 70.8 Å². The smallest absolute Gasteiger partial charge is 0.235 e. The number of imide groups is 1. The van der Waals surface area contributed by atoms with Crippen molar-refractivity contribution in [1.29, 1.82) is 0 Å². The van der Waals surface area contributed by atoms with Gasteiger partial charge in [0.2, 0.25) is 11.8 Å². The lowest BCUT2D eigenvalue weighted by molar-refractivity contribution is -0.140. The Kier molecular flexibility index (Phi) is 5.35. The maximum absolute atomic E-state index is 13.8. The zero-order valence-corrected chi connectivity index (χ0v) is 18.4. The van der Waals surface area contributed by atoms with Gasteiger partial charge in [-0.15, -0.1) is 0 Å². The van der Waals surface area contributed by atoms with Crippen LogP contribution in [0.15, 0.2) is 54.6 Å². The Morgan fingerprint density at radius 2 is 1.75 bits per heavy atom. The number of amides is 2. The number of fused-ring (bicyclic) bond motifs is 5. The molecule has 2 fully saturated rings. The van der Waals surface area contributed by atoms with Gasteiger partial charge in [-0.3, -0.25) is 19.3 Å². The zero-order valence-electron chi connectivity index (χ0n) is 17.6. The number of methoxy groups -OCH3 is 1. The van der Waals surface area contributed by atoms with Crippen LogP contribution in [-0.2, 0) is 14.3 Å². The minimum atomic E-state index is -0.763. The molecule has 6 nitrogen and oxygen atoms in total. The second kappa shape index (κ2) is 8.19. The second-order valence-electron chi connectivity index (χ2n) is 8.36. The van der Waals surface area contributed by atoms with Crippen molar-refractivity contribution in [3.8, 4) is 0 Å². The number of Topliss-reactive ketones (excluding diaryl/α,β-unsaturated/α-hetero) is 1. The third-order valence-electron chi connectivity index (χ3n) is 6.63. The number of ketones is 1. The van der Waals surface area contributed by atoms with Gasteiger partial charge in [0.05, 0.1) is 17.9 Å². The molecule has 0 unspecified atom stereocenters. The summed E-state index contributed by atoms with van der Waals surface area (Å²) in [5.74, 6) is -1.97. The highest BCUT2D eigenvalue weighted by Gasteiger charge is 2.63. The summed E-state index contributed by atoms with van der Waals surface area (Å²) in [7, 11) is 1.59. The van der Waals surface area contributed by atoms with E-state index in [1.807, 2.05) is 41.3 Å². The summed E-state index contributed by atoms with van der Waals surface area (Å²) in [6.07, 6.45) is 4.50. The van der Waals surface area contributed by atoms with Gasteiger partial charge in [0.25, 0.3) is 0 Å². The van der Waals surface area contributed by atoms with E-state index in [4.69, 9.17) is 16.3 Å². The molecule has 3 aliphatic rings. The molecule has 2 aromatic rings. The first kappa shape index (κ1) is 20.9. The number of ether oxygens (including phenoxy) is 1. The van der Waals surface area contributed by atoms with Crippen molar-refractivity contribution >= 4 is 41.0 Å². The van der Waals surface area contributed by atoms with Crippen LogP contribution in [0.4, 0.5) is 5.69 Å². The fraction of sp³-hybridized carbons (Fsp3) is 0.320. The highest BCUT2D eigenvalue weighted by Crippen LogP contribution is 2.49. The van der Waals surface area contributed by atoms with Gasteiger partial charge >= 0.3 is 0 Å². The number of benzene rings is 2. The van der Waals surface area contributed by atoms with E-state index in [0.29, 0.717) is 30.2 Å². The molecule has 0 aliphatic carbocycles. The average Bonchev–Trinajstić information content (AvgIpc) is 3.28. The van der Waals surface area contributed by atoms with E-state index >= 15 is 0 Å². The van der Waals surface area contributed by atoms with Crippen molar-refractivity contribution in [2.24, 2.45) is 11.8 Å². The molecular weight excluding hydrogens is 428 g/mol. The normalized spacial score (nSPS) is 25.7. The van der Waals surface area contributed by atoms with Gasteiger partial charge in [-0.2, -0.15) is 0 Å². The molecule has 7 heteroatoms. The summed E-state index contributed by atoms with van der Waals surface area (Å²) in [4.78, 5) is 43.9. The van der Waals surface area contributed by atoms with E-state index in [1.165, 1.54) is 4.90 Å². The summed E-state index contributed by atoms with van der Waals surface area (Å²) in [5.41, 5.74) is 2.31. The molecule has 4 atom stereocenters. The Balaban J connectivity index is 1.58. The quantitative estimate of drug-likeness (QED) is 0.383. The van der Waals surface area contributed by atoms with Crippen LogP contribution >= 0.6 is 11.6 Å². The van der Waals surface area contributed by atoms with Crippen molar-refractivity contribution in [2.45, 2.75) is 18.5 Å². The number of anilines is 1. The molecule has 0 aromatic heterocycles. The molecule has 0 spiro atoms. The van der Waals surface area contributed by atoms with Crippen LogP contribution in [-0.4, -0.2) is 54.8 Å². The summed E-state index contributed by atoms with van der Waals surface area (Å²) < 4.78 is 5.08. The molecule has 0 N–H and O–H groups in total. The minimum absolute atomic E-state index is 0.177. The molecular formula is C25H23ClN2O4. The standard InChI is InChI=1S/C25H23ClN2O4/c1-32-14-4-13-27-24(30)20-19-12-9-15-5-2-3-6-18(15)28(19)22(21(20)25(27)31)23(29)16-7-10-17(26)11-8-16/h2-3,5-12,19-22H,4,13-14H2,1H3/t19-,20-,21+,22-/m1/s1. The maximum atomic E-state index is 13.8. The van der Waals surface area contributed by atoms with Crippen molar-refractivity contribution in [2.75, 3.05) is 25.2 Å². The summed E-state index contributed by atoms with van der Waals surface area (Å²) in [6.45, 7) is 0.760. The molecule has 32 heavy (non-hydrogen) atoms. The number of carbonyl (C=O) groups excluding carboxylic acids is 3. The Bertz CT molecular complexity index is 1110. The Morgan fingerprint density at radius 3 is 2.50 bits per heavy atom.